The fraction of sp³-hybridized carbons (Fsp3) is 0.500. The molecule has 0 aliphatic rings. The van der Waals surface area contributed by atoms with E-state index in [2.05, 4.69) is 10.6 Å². The third kappa shape index (κ3) is 4.52. The molecule has 1 aromatic rings. The summed E-state index contributed by atoms with van der Waals surface area (Å²) in [5.74, 6) is -0.0153. The van der Waals surface area contributed by atoms with Crippen molar-refractivity contribution in [3.05, 3.63) is 29.6 Å². The van der Waals surface area contributed by atoms with Gasteiger partial charge in [0.05, 0.1) is 18.7 Å². The first kappa shape index (κ1) is 15.4. The van der Waals surface area contributed by atoms with Crippen molar-refractivity contribution in [3.8, 4) is 5.75 Å². The van der Waals surface area contributed by atoms with Gasteiger partial charge in [0, 0.05) is 6.42 Å². The number of nitrogens with one attached hydrogen (secondary N) is 2. The number of amides is 1. The number of ether oxygens (including phenoxy) is 1. The number of carbonyl (C=O) groups excluding carboxylic acids is 1. The predicted octanol–water partition coefficient (Wildman–Crippen LogP) is 2.01. The lowest BCUT2D eigenvalue weighted by atomic mass is 10.1. The summed E-state index contributed by atoms with van der Waals surface area (Å²) < 4.78 is 18.9. The molecule has 5 heteroatoms. The van der Waals surface area contributed by atoms with Gasteiger partial charge >= 0.3 is 0 Å². The van der Waals surface area contributed by atoms with E-state index in [1.807, 2.05) is 7.05 Å². The molecule has 1 aromatic carbocycles. The molecule has 0 bridgehead atoms. The van der Waals surface area contributed by atoms with Crippen LogP contribution < -0.4 is 15.4 Å². The molecule has 0 saturated carbocycles. The highest BCUT2D eigenvalue weighted by atomic mass is 19.1. The molecular weight excluding hydrogens is 247 g/mol. The van der Waals surface area contributed by atoms with Crippen LogP contribution in [0.25, 0.3) is 0 Å². The number of halogens is 1. The Kier molecular flexibility index (Phi) is 6.29. The number of rotatable bonds is 7. The topological polar surface area (TPSA) is 50.4 Å². The molecule has 0 fully saturated rings. The molecule has 4 nitrogen and oxygen atoms in total. The molecule has 1 amide bonds. The normalized spacial score (nSPS) is 12.0. The van der Waals surface area contributed by atoms with E-state index < -0.39 is 6.04 Å². The van der Waals surface area contributed by atoms with E-state index >= 15 is 0 Å². The van der Waals surface area contributed by atoms with Gasteiger partial charge in [-0.1, -0.05) is 6.07 Å². The van der Waals surface area contributed by atoms with Crippen molar-refractivity contribution in [1.82, 2.24) is 10.6 Å². The van der Waals surface area contributed by atoms with E-state index in [4.69, 9.17) is 4.74 Å². The maximum atomic E-state index is 13.8. The highest BCUT2D eigenvalue weighted by Crippen LogP contribution is 2.27. The number of methoxy groups -OCH3 is 1. The van der Waals surface area contributed by atoms with Crippen LogP contribution in [0, 0.1) is 5.82 Å². The molecule has 0 aromatic heterocycles. The van der Waals surface area contributed by atoms with Crippen LogP contribution in [-0.4, -0.2) is 26.6 Å². The first-order valence-electron chi connectivity index (χ1n) is 6.36. The fourth-order valence-corrected chi connectivity index (χ4v) is 1.93. The first-order valence-corrected chi connectivity index (χ1v) is 6.36. The molecule has 19 heavy (non-hydrogen) atoms. The van der Waals surface area contributed by atoms with Gasteiger partial charge in [0.1, 0.15) is 11.6 Å². The van der Waals surface area contributed by atoms with Crippen LogP contribution in [-0.2, 0) is 4.79 Å². The monoisotopic (exact) mass is 268 g/mol. The first-order chi connectivity index (χ1) is 9.10. The standard InChI is InChI=1S/C14H21FN2O2/c1-10(17-13(18)8-5-9-16-2)14-11(15)6-4-7-12(14)19-3/h4,6-7,10,16H,5,8-9H2,1-3H3,(H,17,18). The second-order valence-corrected chi connectivity index (χ2v) is 4.35. The third-order valence-corrected chi connectivity index (χ3v) is 2.87. The van der Waals surface area contributed by atoms with Crippen LogP contribution in [0.15, 0.2) is 18.2 Å². The van der Waals surface area contributed by atoms with Gasteiger partial charge in [-0.2, -0.15) is 0 Å². The van der Waals surface area contributed by atoms with Gasteiger partial charge in [-0.05, 0) is 39.1 Å². The summed E-state index contributed by atoms with van der Waals surface area (Å²) in [4.78, 5) is 11.7. The van der Waals surface area contributed by atoms with Gasteiger partial charge in [0.25, 0.3) is 0 Å². The van der Waals surface area contributed by atoms with Crippen LogP contribution in [0.1, 0.15) is 31.4 Å². The average molecular weight is 268 g/mol. The van der Waals surface area contributed by atoms with Crippen molar-refractivity contribution in [2.45, 2.75) is 25.8 Å². The summed E-state index contributed by atoms with van der Waals surface area (Å²) >= 11 is 0. The van der Waals surface area contributed by atoms with Gasteiger partial charge < -0.3 is 15.4 Å². The average Bonchev–Trinajstić information content (AvgIpc) is 2.38. The summed E-state index contributed by atoms with van der Waals surface area (Å²) in [7, 11) is 3.32. The van der Waals surface area contributed by atoms with Gasteiger partial charge in [0.15, 0.2) is 0 Å². The second-order valence-electron chi connectivity index (χ2n) is 4.35. The largest absolute Gasteiger partial charge is 0.496 e. The van der Waals surface area contributed by atoms with Gasteiger partial charge in [-0.25, -0.2) is 4.39 Å². The second kappa shape index (κ2) is 7.74. The molecule has 0 saturated heterocycles. The van der Waals surface area contributed by atoms with E-state index in [1.54, 1.807) is 19.1 Å². The molecule has 0 heterocycles. The lowest BCUT2D eigenvalue weighted by Gasteiger charge is -2.18. The van der Waals surface area contributed by atoms with E-state index in [0.717, 1.165) is 13.0 Å². The van der Waals surface area contributed by atoms with E-state index in [-0.39, 0.29) is 11.7 Å². The quantitative estimate of drug-likeness (QED) is 0.744. The highest BCUT2D eigenvalue weighted by Gasteiger charge is 2.17. The van der Waals surface area contributed by atoms with Crippen LogP contribution in [0.4, 0.5) is 4.39 Å². The summed E-state index contributed by atoms with van der Waals surface area (Å²) in [6, 6.07) is 4.21. The SMILES string of the molecule is CNCCCC(=O)NC(C)c1c(F)cccc1OC. The number of hydrogen-bond donors (Lipinski definition) is 2. The Hall–Kier alpha value is -1.62. The Morgan fingerprint density at radius 1 is 1.47 bits per heavy atom. The Labute approximate surface area is 113 Å². The van der Waals surface area contributed by atoms with Crippen LogP contribution in [0.5, 0.6) is 5.75 Å². The zero-order valence-electron chi connectivity index (χ0n) is 11.6. The third-order valence-electron chi connectivity index (χ3n) is 2.87. The number of hydrogen-bond acceptors (Lipinski definition) is 3. The van der Waals surface area contributed by atoms with Crippen molar-refractivity contribution in [2.75, 3.05) is 20.7 Å². The predicted molar refractivity (Wildman–Crippen MR) is 72.7 cm³/mol. The molecule has 0 spiro atoms. The van der Waals surface area contributed by atoms with E-state index in [9.17, 15) is 9.18 Å². The van der Waals surface area contributed by atoms with Crippen molar-refractivity contribution in [2.24, 2.45) is 0 Å². The Morgan fingerprint density at radius 2 is 2.21 bits per heavy atom. The fourth-order valence-electron chi connectivity index (χ4n) is 1.93. The molecule has 0 aliphatic carbocycles. The maximum Gasteiger partial charge on any atom is 0.220 e. The molecule has 1 rings (SSSR count). The molecule has 0 radical (unpaired) electrons. The molecule has 1 unspecified atom stereocenters. The number of benzene rings is 1. The summed E-state index contributed by atoms with van der Waals surface area (Å²) in [6.07, 6.45) is 1.17. The van der Waals surface area contributed by atoms with Crippen LogP contribution >= 0.6 is 0 Å². The van der Waals surface area contributed by atoms with Crippen molar-refractivity contribution >= 4 is 5.91 Å². The summed E-state index contributed by atoms with van der Waals surface area (Å²) in [5, 5.41) is 5.76. The van der Waals surface area contributed by atoms with Gasteiger partial charge in [-0.15, -0.1) is 0 Å². The number of carbonyl (C=O) groups is 1. The minimum absolute atomic E-state index is 0.0898. The van der Waals surface area contributed by atoms with E-state index in [0.29, 0.717) is 17.7 Å². The lowest BCUT2D eigenvalue weighted by molar-refractivity contribution is -0.121. The molecular formula is C14H21FN2O2. The minimum Gasteiger partial charge on any atom is -0.496 e. The Bertz CT molecular complexity index is 424. The van der Waals surface area contributed by atoms with Crippen molar-refractivity contribution in [3.63, 3.8) is 0 Å². The maximum absolute atomic E-state index is 13.8. The van der Waals surface area contributed by atoms with Crippen LogP contribution in [0.2, 0.25) is 0 Å². The minimum atomic E-state index is -0.418. The van der Waals surface area contributed by atoms with Gasteiger partial charge in [-0.3, -0.25) is 4.79 Å². The van der Waals surface area contributed by atoms with Crippen LogP contribution in [0.3, 0.4) is 0 Å². The smallest absolute Gasteiger partial charge is 0.220 e. The molecule has 2 N–H and O–H groups in total. The van der Waals surface area contributed by atoms with E-state index in [1.165, 1.54) is 13.2 Å². The molecule has 106 valence electrons. The molecule has 1 atom stereocenters. The zero-order valence-corrected chi connectivity index (χ0v) is 11.6. The Balaban J connectivity index is 2.67. The summed E-state index contributed by atoms with van der Waals surface area (Å²) in [6.45, 7) is 2.53. The van der Waals surface area contributed by atoms with Crippen molar-refractivity contribution < 1.29 is 13.9 Å². The zero-order chi connectivity index (χ0) is 14.3. The van der Waals surface area contributed by atoms with Crippen molar-refractivity contribution in [1.29, 1.82) is 0 Å². The molecule has 0 aliphatic heterocycles. The lowest BCUT2D eigenvalue weighted by Crippen LogP contribution is -2.28. The van der Waals surface area contributed by atoms with Gasteiger partial charge in [0.2, 0.25) is 5.91 Å². The Morgan fingerprint density at radius 3 is 2.84 bits per heavy atom. The summed E-state index contributed by atoms with van der Waals surface area (Å²) in [5.41, 5.74) is 0.381. The highest BCUT2D eigenvalue weighted by molar-refractivity contribution is 5.76.